The normalized spacial score (nSPS) is 11.4. The average Bonchev–Trinajstić information content (AvgIpc) is 2.56. The van der Waals surface area contributed by atoms with Crippen LogP contribution in [-0.2, 0) is 16.0 Å². The molecule has 2 N–H and O–H groups in total. The lowest BCUT2D eigenvalue weighted by Gasteiger charge is -2.23. The van der Waals surface area contributed by atoms with Gasteiger partial charge >= 0.3 is 5.97 Å². The van der Waals surface area contributed by atoms with Crippen LogP contribution >= 0.6 is 0 Å². The number of hydrogen-bond acceptors (Lipinski definition) is 4. The zero-order chi connectivity index (χ0) is 18.4. The number of rotatable bonds is 7. The number of aromatic nitrogens is 1. The van der Waals surface area contributed by atoms with Gasteiger partial charge in [0.15, 0.2) is 0 Å². The van der Waals surface area contributed by atoms with Gasteiger partial charge in [0.2, 0.25) is 0 Å². The molecular formula is C20H25FN2O2. The number of ether oxygens (including phenoxy) is 1. The first-order valence-electron chi connectivity index (χ1n) is 8.52. The van der Waals surface area contributed by atoms with Gasteiger partial charge in [0.25, 0.3) is 0 Å². The van der Waals surface area contributed by atoms with E-state index in [0.717, 1.165) is 18.4 Å². The van der Waals surface area contributed by atoms with Crippen molar-refractivity contribution in [3.05, 3.63) is 47.8 Å². The molecule has 0 aliphatic heterocycles. The van der Waals surface area contributed by atoms with E-state index in [1.54, 1.807) is 30.3 Å². The summed E-state index contributed by atoms with van der Waals surface area (Å²) < 4.78 is 19.5. The van der Waals surface area contributed by atoms with Gasteiger partial charge in [-0.2, -0.15) is 0 Å². The molecule has 0 aliphatic carbocycles. The zero-order valence-electron chi connectivity index (χ0n) is 15.0. The summed E-state index contributed by atoms with van der Waals surface area (Å²) in [6.45, 7) is 6.15. The SMILES string of the molecule is CCCCOC(=O)C(C)(C)Cc1ccc(F)c(-c2cccc(N)n2)c1. The van der Waals surface area contributed by atoms with Crippen molar-refractivity contribution in [2.75, 3.05) is 12.3 Å². The van der Waals surface area contributed by atoms with Crippen molar-refractivity contribution in [3.63, 3.8) is 0 Å². The van der Waals surface area contributed by atoms with Crippen LogP contribution in [0.3, 0.4) is 0 Å². The second-order valence-electron chi connectivity index (χ2n) is 6.81. The minimum Gasteiger partial charge on any atom is -0.465 e. The molecular weight excluding hydrogens is 319 g/mol. The van der Waals surface area contributed by atoms with Crippen LogP contribution in [0.5, 0.6) is 0 Å². The number of hydrogen-bond donors (Lipinski definition) is 1. The second-order valence-corrected chi connectivity index (χ2v) is 6.81. The fraction of sp³-hybridized carbons (Fsp3) is 0.400. The third kappa shape index (κ3) is 5.02. The Morgan fingerprint density at radius 2 is 2.04 bits per heavy atom. The van der Waals surface area contributed by atoms with E-state index in [1.165, 1.54) is 6.07 Å². The predicted molar refractivity (Wildman–Crippen MR) is 97.4 cm³/mol. The fourth-order valence-electron chi connectivity index (χ4n) is 2.57. The smallest absolute Gasteiger partial charge is 0.311 e. The Bertz CT molecular complexity index is 744. The van der Waals surface area contributed by atoms with Crippen LogP contribution in [0.2, 0.25) is 0 Å². The molecule has 0 spiro atoms. The van der Waals surface area contributed by atoms with Gasteiger partial charge in [-0.25, -0.2) is 9.37 Å². The average molecular weight is 344 g/mol. The van der Waals surface area contributed by atoms with Gasteiger partial charge in [-0.15, -0.1) is 0 Å². The van der Waals surface area contributed by atoms with Gasteiger partial charge in [-0.3, -0.25) is 4.79 Å². The molecule has 0 bridgehead atoms. The third-order valence-corrected chi connectivity index (χ3v) is 4.01. The quantitative estimate of drug-likeness (QED) is 0.598. The number of anilines is 1. The minimum atomic E-state index is -0.689. The molecule has 1 aromatic heterocycles. The van der Waals surface area contributed by atoms with Crippen molar-refractivity contribution in [2.45, 2.75) is 40.0 Å². The van der Waals surface area contributed by atoms with Crippen molar-refractivity contribution in [1.82, 2.24) is 4.98 Å². The molecule has 1 heterocycles. The molecule has 5 heteroatoms. The first kappa shape index (κ1) is 18.9. The van der Waals surface area contributed by atoms with Crippen LogP contribution in [0.4, 0.5) is 10.2 Å². The Balaban J connectivity index is 2.20. The van der Waals surface area contributed by atoms with Crippen LogP contribution < -0.4 is 5.73 Å². The van der Waals surface area contributed by atoms with Gasteiger partial charge < -0.3 is 10.5 Å². The van der Waals surface area contributed by atoms with E-state index in [2.05, 4.69) is 4.98 Å². The monoisotopic (exact) mass is 344 g/mol. The topological polar surface area (TPSA) is 65.2 Å². The van der Waals surface area contributed by atoms with Crippen LogP contribution in [0, 0.1) is 11.2 Å². The van der Waals surface area contributed by atoms with Crippen molar-refractivity contribution in [3.8, 4) is 11.3 Å². The largest absolute Gasteiger partial charge is 0.465 e. The maximum Gasteiger partial charge on any atom is 0.311 e. The second kappa shape index (κ2) is 8.10. The number of halogens is 1. The number of unbranched alkanes of at least 4 members (excludes halogenated alkanes) is 1. The highest BCUT2D eigenvalue weighted by molar-refractivity contribution is 5.76. The molecule has 0 amide bonds. The lowest BCUT2D eigenvalue weighted by molar-refractivity contribution is -0.154. The predicted octanol–water partition coefficient (Wildman–Crippen LogP) is 4.38. The molecule has 0 saturated carbocycles. The number of nitrogen functional groups attached to an aromatic ring is 1. The van der Waals surface area contributed by atoms with Gasteiger partial charge in [0.1, 0.15) is 11.6 Å². The Morgan fingerprint density at radius 3 is 2.72 bits per heavy atom. The summed E-state index contributed by atoms with van der Waals surface area (Å²) in [6, 6.07) is 9.90. The number of pyridine rings is 1. The summed E-state index contributed by atoms with van der Waals surface area (Å²) >= 11 is 0. The maximum absolute atomic E-state index is 14.2. The minimum absolute atomic E-state index is 0.242. The molecule has 0 unspecified atom stereocenters. The van der Waals surface area contributed by atoms with Gasteiger partial charge in [-0.1, -0.05) is 25.5 Å². The van der Waals surface area contributed by atoms with Crippen molar-refractivity contribution < 1.29 is 13.9 Å². The van der Waals surface area contributed by atoms with Crippen LogP contribution in [0.25, 0.3) is 11.3 Å². The summed E-state index contributed by atoms with van der Waals surface area (Å²) in [6.07, 6.45) is 2.28. The summed E-state index contributed by atoms with van der Waals surface area (Å²) in [5.74, 6) is -0.277. The van der Waals surface area contributed by atoms with Crippen LogP contribution in [0.15, 0.2) is 36.4 Å². The number of esters is 1. The molecule has 2 rings (SSSR count). The molecule has 0 saturated heterocycles. The molecule has 2 aromatic rings. The first-order chi connectivity index (χ1) is 11.8. The highest BCUT2D eigenvalue weighted by atomic mass is 19.1. The molecule has 0 atom stereocenters. The highest BCUT2D eigenvalue weighted by Gasteiger charge is 2.30. The lowest BCUT2D eigenvalue weighted by atomic mass is 9.85. The number of benzene rings is 1. The lowest BCUT2D eigenvalue weighted by Crippen LogP contribution is -2.29. The van der Waals surface area contributed by atoms with E-state index in [4.69, 9.17) is 10.5 Å². The Morgan fingerprint density at radius 1 is 1.28 bits per heavy atom. The van der Waals surface area contributed by atoms with Crippen LogP contribution in [-0.4, -0.2) is 17.6 Å². The molecule has 134 valence electrons. The number of carbonyl (C=O) groups is 1. The molecule has 0 radical (unpaired) electrons. The van der Waals surface area contributed by atoms with Crippen molar-refractivity contribution in [2.24, 2.45) is 5.41 Å². The van der Waals surface area contributed by atoms with E-state index < -0.39 is 5.41 Å². The van der Waals surface area contributed by atoms with Gasteiger partial charge in [-0.05, 0) is 56.5 Å². The summed E-state index contributed by atoms with van der Waals surface area (Å²) in [7, 11) is 0. The van der Waals surface area contributed by atoms with E-state index in [-0.39, 0.29) is 11.8 Å². The standard InChI is InChI=1S/C20H25FN2O2/c1-4-5-11-25-19(24)20(2,3)13-14-9-10-16(21)15(12-14)17-7-6-8-18(22)23-17/h6-10,12H,4-5,11,13H2,1-3H3,(H2,22,23). The fourth-order valence-corrected chi connectivity index (χ4v) is 2.57. The molecule has 0 fully saturated rings. The highest BCUT2D eigenvalue weighted by Crippen LogP contribution is 2.28. The number of nitrogens with zero attached hydrogens (tertiary/aromatic N) is 1. The van der Waals surface area contributed by atoms with E-state index in [9.17, 15) is 9.18 Å². The van der Waals surface area contributed by atoms with Crippen molar-refractivity contribution >= 4 is 11.8 Å². The molecule has 25 heavy (non-hydrogen) atoms. The number of nitrogens with two attached hydrogens (primary N) is 1. The maximum atomic E-state index is 14.2. The zero-order valence-corrected chi connectivity index (χ0v) is 15.0. The Labute approximate surface area is 148 Å². The Hall–Kier alpha value is -2.43. The first-order valence-corrected chi connectivity index (χ1v) is 8.52. The molecule has 0 aliphatic rings. The summed E-state index contributed by atoms with van der Waals surface area (Å²) in [5, 5.41) is 0. The van der Waals surface area contributed by atoms with E-state index >= 15 is 0 Å². The Kier molecular flexibility index (Phi) is 6.12. The molecule has 1 aromatic carbocycles. The van der Waals surface area contributed by atoms with Crippen molar-refractivity contribution in [1.29, 1.82) is 0 Å². The molecule has 4 nitrogen and oxygen atoms in total. The summed E-state index contributed by atoms with van der Waals surface area (Å²) in [5.41, 5.74) is 6.70. The number of carbonyl (C=O) groups excluding carboxylic acids is 1. The van der Waals surface area contributed by atoms with Gasteiger partial charge in [0, 0.05) is 5.56 Å². The summed E-state index contributed by atoms with van der Waals surface area (Å²) in [4.78, 5) is 16.5. The third-order valence-electron chi connectivity index (χ3n) is 4.01. The van der Waals surface area contributed by atoms with Crippen LogP contribution in [0.1, 0.15) is 39.2 Å². The van der Waals surface area contributed by atoms with E-state index in [1.807, 2.05) is 20.8 Å². The van der Waals surface area contributed by atoms with E-state index in [0.29, 0.717) is 30.1 Å². The van der Waals surface area contributed by atoms with Gasteiger partial charge in [0.05, 0.1) is 17.7 Å².